The molecule has 0 aliphatic rings. The number of nitrogens with two attached hydrogens (primary N) is 1. The van der Waals surface area contributed by atoms with E-state index in [2.05, 4.69) is 4.98 Å². The zero-order valence-corrected chi connectivity index (χ0v) is 11.6. The van der Waals surface area contributed by atoms with Crippen LogP contribution in [0.4, 0.5) is 10.1 Å². The number of fused-ring (bicyclic) bond motifs is 1. The lowest BCUT2D eigenvalue weighted by Gasteiger charge is -2.11. The lowest BCUT2D eigenvalue weighted by Crippen LogP contribution is -2.00. The van der Waals surface area contributed by atoms with E-state index in [4.69, 9.17) is 10.5 Å². The van der Waals surface area contributed by atoms with Gasteiger partial charge in [0.2, 0.25) is 0 Å². The number of nitrogen functional groups attached to an aromatic ring is 1. The number of ether oxygens (including phenoxy) is 1. The minimum atomic E-state index is -0.273. The summed E-state index contributed by atoms with van der Waals surface area (Å²) in [5.74, 6) is 0.489. The van der Waals surface area contributed by atoms with Gasteiger partial charge < -0.3 is 10.5 Å². The second kappa shape index (κ2) is 5.40. The number of halogens is 1. The Kier molecular flexibility index (Phi) is 3.44. The van der Waals surface area contributed by atoms with Crippen molar-refractivity contribution in [2.24, 2.45) is 0 Å². The van der Waals surface area contributed by atoms with Gasteiger partial charge in [0.25, 0.3) is 0 Å². The van der Waals surface area contributed by atoms with E-state index in [0.29, 0.717) is 23.2 Å². The van der Waals surface area contributed by atoms with Crippen molar-refractivity contribution < 1.29 is 9.13 Å². The summed E-state index contributed by atoms with van der Waals surface area (Å²) in [7, 11) is 0. The van der Waals surface area contributed by atoms with Gasteiger partial charge in [-0.3, -0.25) is 4.98 Å². The van der Waals surface area contributed by atoms with E-state index in [9.17, 15) is 4.39 Å². The second-order valence-corrected chi connectivity index (χ2v) is 4.92. The summed E-state index contributed by atoms with van der Waals surface area (Å²) in [5.41, 5.74) is 8.87. The topological polar surface area (TPSA) is 48.1 Å². The van der Waals surface area contributed by atoms with Gasteiger partial charge in [-0.2, -0.15) is 0 Å². The minimum absolute atomic E-state index is 0.273. The lowest BCUT2D eigenvalue weighted by atomic mass is 10.1. The first-order valence-corrected chi connectivity index (χ1v) is 6.66. The molecule has 4 heteroatoms. The quantitative estimate of drug-likeness (QED) is 0.742. The normalized spacial score (nSPS) is 10.8. The molecule has 0 saturated carbocycles. The molecule has 2 aromatic carbocycles. The first-order valence-electron chi connectivity index (χ1n) is 6.66. The third-order valence-corrected chi connectivity index (χ3v) is 3.38. The summed E-state index contributed by atoms with van der Waals surface area (Å²) in [6, 6.07) is 12.1. The molecule has 2 N–H and O–H groups in total. The summed E-state index contributed by atoms with van der Waals surface area (Å²) in [6.07, 6.45) is 1.65. The number of aromatic nitrogens is 1. The number of benzene rings is 2. The zero-order chi connectivity index (χ0) is 14.8. The van der Waals surface area contributed by atoms with E-state index in [1.807, 2.05) is 19.1 Å². The van der Waals surface area contributed by atoms with Crippen LogP contribution < -0.4 is 10.5 Å². The summed E-state index contributed by atoms with van der Waals surface area (Å²) < 4.78 is 19.6. The molecule has 106 valence electrons. The van der Waals surface area contributed by atoms with E-state index in [1.165, 1.54) is 6.07 Å². The van der Waals surface area contributed by atoms with Gasteiger partial charge in [0.05, 0.1) is 5.52 Å². The van der Waals surface area contributed by atoms with Crippen LogP contribution in [0.25, 0.3) is 10.9 Å². The largest absolute Gasteiger partial charge is 0.489 e. The van der Waals surface area contributed by atoms with E-state index >= 15 is 0 Å². The molecule has 0 aliphatic carbocycles. The highest BCUT2D eigenvalue weighted by Crippen LogP contribution is 2.24. The number of aryl methyl sites for hydroxylation is 1. The molecule has 3 rings (SSSR count). The maximum absolute atomic E-state index is 13.7. The maximum atomic E-state index is 13.7. The van der Waals surface area contributed by atoms with Crippen molar-refractivity contribution in [2.45, 2.75) is 13.5 Å². The lowest BCUT2D eigenvalue weighted by molar-refractivity contribution is 0.305. The van der Waals surface area contributed by atoms with Crippen molar-refractivity contribution in [3.8, 4) is 5.75 Å². The van der Waals surface area contributed by atoms with Crippen LogP contribution in [0.5, 0.6) is 5.75 Å². The van der Waals surface area contributed by atoms with Crippen LogP contribution in [0.15, 0.2) is 48.7 Å². The first-order chi connectivity index (χ1) is 10.1. The molecule has 3 nitrogen and oxygen atoms in total. The zero-order valence-electron chi connectivity index (χ0n) is 11.6. The third-order valence-electron chi connectivity index (χ3n) is 3.38. The Morgan fingerprint density at radius 1 is 1.19 bits per heavy atom. The van der Waals surface area contributed by atoms with Crippen LogP contribution in [0.1, 0.15) is 11.1 Å². The van der Waals surface area contributed by atoms with Crippen molar-refractivity contribution in [1.82, 2.24) is 4.98 Å². The average Bonchev–Trinajstić information content (AvgIpc) is 2.48. The smallest absolute Gasteiger partial charge is 0.132 e. The molecule has 0 fully saturated rings. The summed E-state index contributed by atoms with van der Waals surface area (Å²) in [5, 5.41) is 0.507. The van der Waals surface area contributed by atoms with Gasteiger partial charge in [-0.25, -0.2) is 4.39 Å². The third kappa shape index (κ3) is 2.65. The van der Waals surface area contributed by atoms with Crippen molar-refractivity contribution in [2.75, 3.05) is 5.73 Å². The van der Waals surface area contributed by atoms with Gasteiger partial charge >= 0.3 is 0 Å². The molecule has 1 heterocycles. The second-order valence-electron chi connectivity index (χ2n) is 4.92. The minimum Gasteiger partial charge on any atom is -0.489 e. The highest BCUT2D eigenvalue weighted by atomic mass is 19.1. The van der Waals surface area contributed by atoms with Crippen molar-refractivity contribution in [3.05, 3.63) is 65.6 Å². The van der Waals surface area contributed by atoms with Crippen LogP contribution in [-0.2, 0) is 6.61 Å². The fourth-order valence-electron chi connectivity index (χ4n) is 2.30. The number of rotatable bonds is 3. The number of pyridine rings is 1. The first kappa shape index (κ1) is 13.4. The molecule has 0 radical (unpaired) electrons. The van der Waals surface area contributed by atoms with Crippen molar-refractivity contribution >= 4 is 16.6 Å². The fourth-order valence-corrected chi connectivity index (χ4v) is 2.30. The Balaban J connectivity index is 1.90. The Hall–Kier alpha value is -2.62. The Morgan fingerprint density at radius 3 is 2.86 bits per heavy atom. The van der Waals surface area contributed by atoms with Crippen LogP contribution in [0.2, 0.25) is 0 Å². The number of hydrogen-bond acceptors (Lipinski definition) is 3. The van der Waals surface area contributed by atoms with Gasteiger partial charge in [-0.05, 0) is 48.9 Å². The molecule has 21 heavy (non-hydrogen) atoms. The van der Waals surface area contributed by atoms with Gasteiger partial charge in [0.15, 0.2) is 0 Å². The van der Waals surface area contributed by atoms with Gasteiger partial charge in [0.1, 0.15) is 18.2 Å². The summed E-state index contributed by atoms with van der Waals surface area (Å²) in [4.78, 5) is 4.25. The molecule has 1 aromatic heterocycles. The molecular weight excluding hydrogens is 267 g/mol. The molecule has 0 atom stereocenters. The summed E-state index contributed by atoms with van der Waals surface area (Å²) >= 11 is 0. The number of anilines is 1. The predicted molar refractivity (Wildman–Crippen MR) is 81.6 cm³/mol. The Labute approximate surface area is 122 Å². The molecule has 0 bridgehead atoms. The van der Waals surface area contributed by atoms with Gasteiger partial charge in [0, 0.05) is 22.8 Å². The molecule has 0 saturated heterocycles. The van der Waals surface area contributed by atoms with E-state index in [1.54, 1.807) is 30.5 Å². The molecule has 0 unspecified atom stereocenters. The SMILES string of the molecule is Cc1cc(N)ccc1OCc1ccc(F)c2cccnc12. The predicted octanol–water partition coefficient (Wildman–Crippen LogP) is 3.84. The Morgan fingerprint density at radius 2 is 2.05 bits per heavy atom. The molecule has 0 spiro atoms. The molecule has 0 amide bonds. The van der Waals surface area contributed by atoms with Crippen molar-refractivity contribution in [3.63, 3.8) is 0 Å². The number of nitrogens with zero attached hydrogens (tertiary/aromatic N) is 1. The van der Waals surface area contributed by atoms with Gasteiger partial charge in [-0.15, -0.1) is 0 Å². The Bertz CT molecular complexity index is 802. The highest BCUT2D eigenvalue weighted by Gasteiger charge is 2.08. The summed E-state index contributed by atoms with van der Waals surface area (Å²) in [6.45, 7) is 2.27. The van der Waals surface area contributed by atoms with Crippen LogP contribution >= 0.6 is 0 Å². The van der Waals surface area contributed by atoms with Crippen LogP contribution in [-0.4, -0.2) is 4.98 Å². The monoisotopic (exact) mass is 282 g/mol. The van der Waals surface area contributed by atoms with Crippen molar-refractivity contribution in [1.29, 1.82) is 0 Å². The van der Waals surface area contributed by atoms with E-state index < -0.39 is 0 Å². The van der Waals surface area contributed by atoms with Crippen LogP contribution in [0.3, 0.4) is 0 Å². The highest BCUT2D eigenvalue weighted by molar-refractivity contribution is 5.82. The average molecular weight is 282 g/mol. The molecular formula is C17H15FN2O. The molecule has 0 aliphatic heterocycles. The molecule has 3 aromatic rings. The van der Waals surface area contributed by atoms with E-state index in [-0.39, 0.29) is 5.82 Å². The number of hydrogen-bond donors (Lipinski definition) is 1. The fraction of sp³-hybridized carbons (Fsp3) is 0.118. The van der Waals surface area contributed by atoms with Gasteiger partial charge in [-0.1, -0.05) is 6.07 Å². The standard InChI is InChI=1S/C17H15FN2O/c1-11-9-13(19)5-7-16(11)21-10-12-4-6-15(18)14-3-2-8-20-17(12)14/h2-9H,10,19H2,1H3. The maximum Gasteiger partial charge on any atom is 0.132 e. The van der Waals surface area contributed by atoms with Crippen LogP contribution in [0, 0.1) is 12.7 Å². The van der Waals surface area contributed by atoms with E-state index in [0.717, 1.165) is 16.9 Å².